The van der Waals surface area contributed by atoms with Gasteiger partial charge in [-0.3, -0.25) is 0 Å². The Balaban J connectivity index is 2.20. The first kappa shape index (κ1) is 9.90. The van der Waals surface area contributed by atoms with Crippen LogP contribution in [-0.4, -0.2) is 17.1 Å². The number of hydrogen-bond acceptors (Lipinski definition) is 1. The van der Waals surface area contributed by atoms with Crippen molar-refractivity contribution in [1.82, 2.24) is 0 Å². The average molecular weight is 178 g/mol. The van der Waals surface area contributed by atoms with E-state index < -0.39 is 5.92 Å². The van der Waals surface area contributed by atoms with Gasteiger partial charge in [0.2, 0.25) is 5.92 Å². The molecule has 1 aliphatic carbocycles. The fourth-order valence-corrected chi connectivity index (χ4v) is 1.77. The highest BCUT2D eigenvalue weighted by Crippen LogP contribution is 2.40. The molecular formula is C9H16F2O. The summed E-state index contributed by atoms with van der Waals surface area (Å²) in [6.07, 6.45) is 1.74. The first-order valence-electron chi connectivity index (χ1n) is 4.55. The zero-order chi connectivity index (χ0) is 9.19. The van der Waals surface area contributed by atoms with Crippen molar-refractivity contribution in [3.05, 3.63) is 0 Å². The third-order valence-electron chi connectivity index (χ3n) is 2.50. The summed E-state index contributed by atoms with van der Waals surface area (Å²) in [5, 5.41) is 8.96. The Hall–Kier alpha value is -0.180. The minimum Gasteiger partial charge on any atom is -0.393 e. The molecule has 0 aromatic rings. The van der Waals surface area contributed by atoms with Gasteiger partial charge in [-0.05, 0) is 32.1 Å². The molecule has 0 aromatic carbocycles. The van der Waals surface area contributed by atoms with Crippen LogP contribution in [0.5, 0.6) is 0 Å². The van der Waals surface area contributed by atoms with E-state index in [9.17, 15) is 8.78 Å². The Labute approximate surface area is 71.8 Å². The smallest absolute Gasteiger partial charge is 0.248 e. The van der Waals surface area contributed by atoms with E-state index in [1.165, 1.54) is 0 Å². The SMILES string of the molecule is CC(O)CCC1CCC(F)(F)C1. The van der Waals surface area contributed by atoms with E-state index in [0.29, 0.717) is 12.8 Å². The number of rotatable bonds is 3. The number of halogens is 2. The van der Waals surface area contributed by atoms with E-state index in [-0.39, 0.29) is 24.9 Å². The molecule has 12 heavy (non-hydrogen) atoms. The van der Waals surface area contributed by atoms with Crippen LogP contribution in [-0.2, 0) is 0 Å². The van der Waals surface area contributed by atoms with Crippen molar-refractivity contribution >= 4 is 0 Å². The number of hydrogen-bond donors (Lipinski definition) is 1. The van der Waals surface area contributed by atoms with E-state index in [4.69, 9.17) is 5.11 Å². The van der Waals surface area contributed by atoms with E-state index in [1.807, 2.05) is 0 Å². The Morgan fingerprint density at radius 2 is 2.25 bits per heavy atom. The van der Waals surface area contributed by atoms with Crippen LogP contribution in [0.1, 0.15) is 39.0 Å². The van der Waals surface area contributed by atoms with Gasteiger partial charge in [0.05, 0.1) is 6.10 Å². The summed E-state index contributed by atoms with van der Waals surface area (Å²) in [6.45, 7) is 1.70. The molecule has 2 unspecified atom stereocenters. The molecule has 1 N–H and O–H groups in total. The van der Waals surface area contributed by atoms with Crippen molar-refractivity contribution in [3.63, 3.8) is 0 Å². The summed E-state index contributed by atoms with van der Waals surface area (Å²) in [5.74, 6) is -2.29. The first-order valence-corrected chi connectivity index (χ1v) is 4.55. The van der Waals surface area contributed by atoms with E-state index in [0.717, 1.165) is 6.42 Å². The zero-order valence-electron chi connectivity index (χ0n) is 7.39. The molecule has 72 valence electrons. The van der Waals surface area contributed by atoms with Gasteiger partial charge in [-0.25, -0.2) is 8.78 Å². The lowest BCUT2D eigenvalue weighted by molar-refractivity contribution is 0.00412. The van der Waals surface area contributed by atoms with Crippen LogP contribution in [0.3, 0.4) is 0 Å². The molecule has 0 spiro atoms. The van der Waals surface area contributed by atoms with Crippen molar-refractivity contribution in [1.29, 1.82) is 0 Å². The van der Waals surface area contributed by atoms with Gasteiger partial charge in [0.25, 0.3) is 0 Å². The van der Waals surface area contributed by atoms with Gasteiger partial charge in [-0.15, -0.1) is 0 Å². The van der Waals surface area contributed by atoms with Crippen LogP contribution in [0.2, 0.25) is 0 Å². The third kappa shape index (κ3) is 3.05. The van der Waals surface area contributed by atoms with E-state index >= 15 is 0 Å². The van der Waals surface area contributed by atoms with Crippen molar-refractivity contribution in [2.24, 2.45) is 5.92 Å². The number of aliphatic hydroxyl groups excluding tert-OH is 1. The molecule has 1 rings (SSSR count). The van der Waals surface area contributed by atoms with Gasteiger partial charge in [-0.1, -0.05) is 0 Å². The minimum atomic E-state index is -2.43. The Bertz CT molecular complexity index is 145. The van der Waals surface area contributed by atoms with Crippen LogP contribution in [0.15, 0.2) is 0 Å². The summed E-state index contributed by atoms with van der Waals surface area (Å²) >= 11 is 0. The maximum atomic E-state index is 12.7. The Morgan fingerprint density at radius 1 is 1.58 bits per heavy atom. The first-order chi connectivity index (χ1) is 5.49. The molecule has 0 amide bonds. The molecule has 0 aromatic heterocycles. The molecule has 0 radical (unpaired) electrons. The summed E-state index contributed by atoms with van der Waals surface area (Å²) in [5.41, 5.74) is 0. The standard InChI is InChI=1S/C9H16F2O/c1-7(12)2-3-8-4-5-9(10,11)6-8/h7-8,12H,2-6H2,1H3. The number of alkyl halides is 2. The lowest BCUT2D eigenvalue weighted by Gasteiger charge is -2.11. The highest BCUT2D eigenvalue weighted by atomic mass is 19.3. The summed E-state index contributed by atoms with van der Waals surface area (Å²) < 4.78 is 25.3. The quantitative estimate of drug-likeness (QED) is 0.704. The summed E-state index contributed by atoms with van der Waals surface area (Å²) in [6, 6.07) is 0. The van der Waals surface area contributed by atoms with E-state index in [1.54, 1.807) is 6.92 Å². The molecule has 0 saturated heterocycles. The number of aliphatic hydroxyl groups is 1. The minimum absolute atomic E-state index is 0.0275. The second-order valence-electron chi connectivity index (χ2n) is 3.89. The Morgan fingerprint density at radius 3 is 2.67 bits per heavy atom. The molecule has 2 atom stereocenters. The monoisotopic (exact) mass is 178 g/mol. The van der Waals surface area contributed by atoms with E-state index in [2.05, 4.69) is 0 Å². The lowest BCUT2D eigenvalue weighted by Crippen LogP contribution is -2.10. The maximum Gasteiger partial charge on any atom is 0.248 e. The molecule has 1 aliphatic rings. The van der Waals surface area contributed by atoms with Gasteiger partial charge in [-0.2, -0.15) is 0 Å². The molecule has 1 saturated carbocycles. The van der Waals surface area contributed by atoms with Crippen molar-refractivity contribution < 1.29 is 13.9 Å². The third-order valence-corrected chi connectivity index (χ3v) is 2.50. The van der Waals surface area contributed by atoms with Crippen LogP contribution in [0, 0.1) is 5.92 Å². The summed E-state index contributed by atoms with van der Waals surface area (Å²) in [4.78, 5) is 0. The second-order valence-corrected chi connectivity index (χ2v) is 3.89. The van der Waals surface area contributed by atoms with Gasteiger partial charge in [0.1, 0.15) is 0 Å². The average Bonchev–Trinajstić information content (AvgIpc) is 2.26. The van der Waals surface area contributed by atoms with Crippen molar-refractivity contribution in [2.75, 3.05) is 0 Å². The lowest BCUT2D eigenvalue weighted by atomic mass is 10.00. The fraction of sp³-hybridized carbons (Fsp3) is 1.00. The van der Waals surface area contributed by atoms with Crippen LogP contribution < -0.4 is 0 Å². The van der Waals surface area contributed by atoms with Crippen LogP contribution in [0.4, 0.5) is 8.78 Å². The highest BCUT2D eigenvalue weighted by molar-refractivity contribution is 4.81. The molecule has 0 bridgehead atoms. The normalized spacial score (nSPS) is 30.5. The van der Waals surface area contributed by atoms with Gasteiger partial charge < -0.3 is 5.11 Å². The van der Waals surface area contributed by atoms with Crippen LogP contribution >= 0.6 is 0 Å². The molecule has 3 heteroatoms. The largest absolute Gasteiger partial charge is 0.393 e. The molecule has 1 fully saturated rings. The predicted octanol–water partition coefficient (Wildman–Crippen LogP) is 2.58. The van der Waals surface area contributed by atoms with Gasteiger partial charge in [0.15, 0.2) is 0 Å². The Kier molecular flexibility index (Phi) is 3.04. The molecule has 0 aliphatic heterocycles. The summed E-state index contributed by atoms with van der Waals surface area (Å²) in [7, 11) is 0. The zero-order valence-corrected chi connectivity index (χ0v) is 7.39. The predicted molar refractivity (Wildman–Crippen MR) is 43.2 cm³/mol. The van der Waals surface area contributed by atoms with Gasteiger partial charge in [0, 0.05) is 12.8 Å². The molecular weight excluding hydrogens is 162 g/mol. The maximum absolute atomic E-state index is 12.7. The second kappa shape index (κ2) is 3.69. The van der Waals surface area contributed by atoms with Crippen molar-refractivity contribution in [3.8, 4) is 0 Å². The molecule has 1 nitrogen and oxygen atoms in total. The van der Waals surface area contributed by atoms with Crippen LogP contribution in [0.25, 0.3) is 0 Å². The fourth-order valence-electron chi connectivity index (χ4n) is 1.77. The highest BCUT2D eigenvalue weighted by Gasteiger charge is 2.38. The topological polar surface area (TPSA) is 20.2 Å². The van der Waals surface area contributed by atoms with Crippen molar-refractivity contribution in [2.45, 2.75) is 51.1 Å². The molecule has 0 heterocycles. The van der Waals surface area contributed by atoms with Gasteiger partial charge >= 0.3 is 0 Å².